The molecular formula is C15H23N3O2S. The van der Waals surface area contributed by atoms with Crippen molar-refractivity contribution in [3.63, 3.8) is 0 Å². The zero-order valence-corrected chi connectivity index (χ0v) is 13.6. The van der Waals surface area contributed by atoms with Gasteiger partial charge in [0.05, 0.1) is 18.8 Å². The molecule has 2 N–H and O–H groups in total. The Morgan fingerprint density at radius 3 is 2.81 bits per heavy atom. The van der Waals surface area contributed by atoms with Gasteiger partial charge >= 0.3 is 6.03 Å². The van der Waals surface area contributed by atoms with E-state index in [0.717, 1.165) is 17.2 Å². The fraction of sp³-hybridized carbons (Fsp3) is 0.733. The number of thiazole rings is 1. The van der Waals surface area contributed by atoms with Crippen LogP contribution in [-0.4, -0.2) is 29.8 Å². The van der Waals surface area contributed by atoms with E-state index >= 15 is 0 Å². The highest BCUT2D eigenvalue weighted by molar-refractivity contribution is 7.15. The van der Waals surface area contributed by atoms with Crippen molar-refractivity contribution in [2.45, 2.75) is 57.6 Å². The fourth-order valence-electron chi connectivity index (χ4n) is 2.55. The van der Waals surface area contributed by atoms with Crippen molar-refractivity contribution in [2.75, 3.05) is 11.9 Å². The molecule has 2 amide bonds. The third-order valence-electron chi connectivity index (χ3n) is 3.98. The van der Waals surface area contributed by atoms with E-state index in [1.165, 1.54) is 24.2 Å². The molecule has 1 aromatic rings. The molecule has 116 valence electrons. The summed E-state index contributed by atoms with van der Waals surface area (Å²) < 4.78 is 5.73. The van der Waals surface area contributed by atoms with Crippen LogP contribution in [0.3, 0.4) is 0 Å². The van der Waals surface area contributed by atoms with E-state index in [-0.39, 0.29) is 17.5 Å². The quantitative estimate of drug-likeness (QED) is 0.901. The number of nitrogens with zero attached hydrogens (tertiary/aromatic N) is 1. The van der Waals surface area contributed by atoms with Crippen molar-refractivity contribution >= 4 is 22.5 Å². The molecule has 0 bridgehead atoms. The highest BCUT2D eigenvalue weighted by atomic mass is 32.1. The summed E-state index contributed by atoms with van der Waals surface area (Å²) >= 11 is 1.53. The highest BCUT2D eigenvalue weighted by Crippen LogP contribution is 2.38. The average Bonchev–Trinajstić information content (AvgIpc) is 2.94. The summed E-state index contributed by atoms with van der Waals surface area (Å²) in [5.41, 5.74) is 0.0604. The normalized spacial score (nSPS) is 25.9. The summed E-state index contributed by atoms with van der Waals surface area (Å²) in [6.45, 7) is 7.04. The van der Waals surface area contributed by atoms with Gasteiger partial charge in [0.25, 0.3) is 0 Å². The third kappa shape index (κ3) is 3.74. The molecule has 21 heavy (non-hydrogen) atoms. The number of ether oxygens (including phenoxy) is 1. The fourth-order valence-corrected chi connectivity index (χ4v) is 3.42. The van der Waals surface area contributed by atoms with Crippen molar-refractivity contribution in [1.82, 2.24) is 10.3 Å². The Kier molecular flexibility index (Phi) is 3.92. The summed E-state index contributed by atoms with van der Waals surface area (Å²) in [7, 11) is 0. The van der Waals surface area contributed by atoms with Crippen LogP contribution >= 0.6 is 11.3 Å². The molecule has 2 unspecified atom stereocenters. The molecule has 2 fully saturated rings. The Hall–Kier alpha value is -1.14. The van der Waals surface area contributed by atoms with Crippen LogP contribution in [0, 0.1) is 5.92 Å². The zero-order chi connectivity index (χ0) is 15.0. The molecule has 6 heteroatoms. The third-order valence-corrected chi connectivity index (χ3v) is 5.32. The number of hydrogen-bond donors (Lipinski definition) is 2. The summed E-state index contributed by atoms with van der Waals surface area (Å²) in [4.78, 5) is 17.4. The maximum atomic E-state index is 12.0. The number of aromatic nitrogens is 1. The largest absolute Gasteiger partial charge is 0.376 e. The van der Waals surface area contributed by atoms with E-state index < -0.39 is 0 Å². The predicted octanol–water partition coefficient (Wildman–Crippen LogP) is 3.13. The molecule has 2 atom stereocenters. The number of anilines is 1. The lowest BCUT2D eigenvalue weighted by atomic mass is 9.96. The monoisotopic (exact) mass is 309 g/mol. The van der Waals surface area contributed by atoms with E-state index in [4.69, 9.17) is 4.74 Å². The minimum absolute atomic E-state index is 0.0604. The van der Waals surface area contributed by atoms with E-state index in [2.05, 4.69) is 36.4 Å². The Balaban J connectivity index is 1.49. The Bertz CT molecular complexity index is 519. The molecule has 0 aromatic carbocycles. The van der Waals surface area contributed by atoms with Gasteiger partial charge in [-0.2, -0.15) is 0 Å². The van der Waals surface area contributed by atoms with Crippen LogP contribution in [0.2, 0.25) is 0 Å². The van der Waals surface area contributed by atoms with Crippen molar-refractivity contribution in [1.29, 1.82) is 0 Å². The van der Waals surface area contributed by atoms with Crippen LogP contribution in [0.15, 0.2) is 6.20 Å². The predicted molar refractivity (Wildman–Crippen MR) is 83.8 cm³/mol. The first-order valence-electron chi connectivity index (χ1n) is 7.57. The summed E-state index contributed by atoms with van der Waals surface area (Å²) in [5, 5.41) is 6.45. The van der Waals surface area contributed by atoms with Gasteiger partial charge in [-0.15, -0.1) is 11.3 Å². The minimum atomic E-state index is -0.185. The van der Waals surface area contributed by atoms with Crippen molar-refractivity contribution in [3.05, 3.63) is 11.1 Å². The van der Waals surface area contributed by atoms with Crippen molar-refractivity contribution < 1.29 is 9.53 Å². The molecule has 1 saturated carbocycles. The zero-order valence-electron chi connectivity index (χ0n) is 12.8. The number of carbonyl (C=O) groups is 1. The van der Waals surface area contributed by atoms with Crippen LogP contribution in [0.4, 0.5) is 9.93 Å². The summed E-state index contributed by atoms with van der Waals surface area (Å²) in [6, 6.07) is -0.0625. The number of amides is 2. The first kappa shape index (κ1) is 14.8. The first-order valence-corrected chi connectivity index (χ1v) is 8.39. The molecule has 5 nitrogen and oxygen atoms in total. The number of hydrogen-bond acceptors (Lipinski definition) is 4. The highest BCUT2D eigenvalue weighted by Gasteiger charge is 2.38. The maximum Gasteiger partial charge on any atom is 0.321 e. The number of nitrogens with one attached hydrogen (secondary N) is 2. The van der Waals surface area contributed by atoms with Crippen LogP contribution in [-0.2, 0) is 10.2 Å². The van der Waals surface area contributed by atoms with E-state index in [0.29, 0.717) is 17.8 Å². The van der Waals surface area contributed by atoms with Crippen molar-refractivity contribution in [2.24, 2.45) is 5.92 Å². The SMILES string of the molecule is CC(C)(C)c1cnc(NC(=O)NC2COC(C3CC3)C2)s1. The number of carbonyl (C=O) groups excluding carboxylic acids is 1. The smallest absolute Gasteiger partial charge is 0.321 e. The first-order chi connectivity index (χ1) is 9.91. The molecule has 0 spiro atoms. The molecule has 3 rings (SSSR count). The molecule has 2 aliphatic rings. The van der Waals surface area contributed by atoms with Gasteiger partial charge in [-0.1, -0.05) is 20.8 Å². The van der Waals surface area contributed by atoms with E-state index in [1.807, 2.05) is 6.20 Å². The lowest BCUT2D eigenvalue weighted by molar-refractivity contribution is 0.0923. The number of rotatable bonds is 3. The van der Waals surface area contributed by atoms with Crippen LogP contribution in [0.1, 0.15) is 44.9 Å². The lowest BCUT2D eigenvalue weighted by Crippen LogP contribution is -2.38. The second kappa shape index (κ2) is 5.57. The van der Waals surface area contributed by atoms with Gasteiger partial charge in [-0.05, 0) is 30.6 Å². The number of urea groups is 1. The second-order valence-electron chi connectivity index (χ2n) is 7.02. The molecular weight excluding hydrogens is 286 g/mol. The van der Waals surface area contributed by atoms with Gasteiger partial charge in [-0.25, -0.2) is 9.78 Å². The Labute approximate surface area is 129 Å². The van der Waals surface area contributed by atoms with Gasteiger partial charge in [-0.3, -0.25) is 5.32 Å². The van der Waals surface area contributed by atoms with Crippen LogP contribution in [0.25, 0.3) is 0 Å². The minimum Gasteiger partial charge on any atom is -0.376 e. The van der Waals surface area contributed by atoms with Crippen LogP contribution < -0.4 is 10.6 Å². The van der Waals surface area contributed by atoms with Gasteiger partial charge in [0, 0.05) is 11.1 Å². The molecule has 0 radical (unpaired) electrons. The topological polar surface area (TPSA) is 63.2 Å². The van der Waals surface area contributed by atoms with E-state index in [1.54, 1.807) is 0 Å². The van der Waals surface area contributed by atoms with Gasteiger partial charge in [0.15, 0.2) is 5.13 Å². The van der Waals surface area contributed by atoms with Crippen molar-refractivity contribution in [3.8, 4) is 0 Å². The second-order valence-corrected chi connectivity index (χ2v) is 8.05. The molecule has 1 aromatic heterocycles. The molecule has 1 aliphatic carbocycles. The van der Waals surface area contributed by atoms with E-state index in [9.17, 15) is 4.79 Å². The Morgan fingerprint density at radius 1 is 1.43 bits per heavy atom. The molecule has 1 saturated heterocycles. The van der Waals surface area contributed by atoms with Gasteiger partial charge < -0.3 is 10.1 Å². The maximum absolute atomic E-state index is 12.0. The summed E-state index contributed by atoms with van der Waals surface area (Å²) in [6.07, 6.45) is 5.67. The lowest BCUT2D eigenvalue weighted by Gasteiger charge is -2.14. The van der Waals surface area contributed by atoms with Crippen LogP contribution in [0.5, 0.6) is 0 Å². The standard InChI is InChI=1S/C15H23N3O2S/c1-15(2,3)12-7-16-14(21-12)18-13(19)17-10-6-11(20-8-10)9-4-5-9/h7,9-11H,4-6,8H2,1-3H3,(H2,16,17,18,19). The molecule has 2 heterocycles. The summed E-state index contributed by atoms with van der Waals surface area (Å²) in [5.74, 6) is 0.730. The van der Waals surface area contributed by atoms with Gasteiger partial charge in [0.2, 0.25) is 0 Å². The Morgan fingerprint density at radius 2 is 2.19 bits per heavy atom. The van der Waals surface area contributed by atoms with Gasteiger partial charge in [0.1, 0.15) is 0 Å². The molecule has 1 aliphatic heterocycles. The average molecular weight is 309 g/mol.